The summed E-state index contributed by atoms with van der Waals surface area (Å²) in [6, 6.07) is 8.86. The predicted octanol–water partition coefficient (Wildman–Crippen LogP) is 2.64. The minimum Gasteiger partial charge on any atom is -0.336 e. The predicted molar refractivity (Wildman–Crippen MR) is 113 cm³/mol. The molecule has 28 heavy (non-hydrogen) atoms. The molecule has 0 atom stereocenters. The van der Waals surface area contributed by atoms with E-state index in [1.165, 1.54) is 11.5 Å². The molecule has 1 aromatic heterocycles. The number of rotatable bonds is 3. The first-order valence-electron chi connectivity index (χ1n) is 8.51. The van der Waals surface area contributed by atoms with Gasteiger partial charge in [-0.3, -0.25) is 14.7 Å². The van der Waals surface area contributed by atoms with Crippen LogP contribution in [-0.4, -0.2) is 55.3 Å². The number of benzene rings is 1. The summed E-state index contributed by atoms with van der Waals surface area (Å²) in [5.74, 6) is -0.107. The molecule has 1 fully saturated rings. The van der Waals surface area contributed by atoms with E-state index in [0.717, 1.165) is 25.2 Å². The van der Waals surface area contributed by atoms with E-state index in [1.807, 2.05) is 18.3 Å². The molecule has 6 nitrogen and oxygen atoms in total. The molecule has 2 aromatic rings. The third kappa shape index (κ3) is 4.38. The molecule has 150 valence electrons. The molecule has 0 aliphatic carbocycles. The van der Waals surface area contributed by atoms with E-state index in [0.29, 0.717) is 24.2 Å². The van der Waals surface area contributed by atoms with Gasteiger partial charge in [0.2, 0.25) is 0 Å². The van der Waals surface area contributed by atoms with Gasteiger partial charge in [-0.25, -0.2) is 8.42 Å². The number of nitrogens with zero attached hydrogens (tertiary/aromatic N) is 3. The second-order valence-corrected chi connectivity index (χ2v) is 8.30. The second kappa shape index (κ2) is 9.05. The Hall–Kier alpha value is -1.93. The summed E-state index contributed by atoms with van der Waals surface area (Å²) in [4.78, 5) is 21.3. The Morgan fingerprint density at radius 3 is 2.46 bits per heavy atom. The minimum atomic E-state index is -3.40. The summed E-state index contributed by atoms with van der Waals surface area (Å²) in [6.45, 7) is 3.63. The van der Waals surface area contributed by atoms with Crippen LogP contribution < -0.4 is 0 Å². The first-order valence-corrected chi connectivity index (χ1v) is 10.1. The zero-order chi connectivity index (χ0) is 18.1. The van der Waals surface area contributed by atoms with Crippen LogP contribution in [0.15, 0.2) is 53.0 Å². The normalized spacial score (nSPS) is 17.4. The van der Waals surface area contributed by atoms with Crippen LogP contribution in [0.3, 0.4) is 0 Å². The van der Waals surface area contributed by atoms with Gasteiger partial charge < -0.3 is 4.90 Å². The molecule has 2 aliphatic heterocycles. The molecule has 1 amide bonds. The Bertz CT molecular complexity index is 973. The van der Waals surface area contributed by atoms with Crippen LogP contribution in [0.1, 0.15) is 21.5 Å². The van der Waals surface area contributed by atoms with Crippen molar-refractivity contribution in [3.05, 3.63) is 64.8 Å². The number of halogens is 2. The Balaban J connectivity index is 0.00000140. The average molecular weight is 442 g/mol. The molecule has 0 radical (unpaired) electrons. The number of carbonyl (C=O) groups is 1. The summed E-state index contributed by atoms with van der Waals surface area (Å²) >= 11 is 0. The summed E-state index contributed by atoms with van der Waals surface area (Å²) in [5.41, 5.74) is 2.12. The maximum atomic E-state index is 12.9. The maximum Gasteiger partial charge on any atom is 0.254 e. The third-order valence-electron chi connectivity index (χ3n) is 4.81. The number of amides is 1. The van der Waals surface area contributed by atoms with Crippen molar-refractivity contribution < 1.29 is 13.2 Å². The van der Waals surface area contributed by atoms with Crippen LogP contribution >= 0.6 is 24.8 Å². The number of sulfone groups is 1. The Morgan fingerprint density at radius 2 is 1.79 bits per heavy atom. The van der Waals surface area contributed by atoms with Gasteiger partial charge >= 0.3 is 0 Å². The Morgan fingerprint density at radius 1 is 1.04 bits per heavy atom. The van der Waals surface area contributed by atoms with Crippen molar-refractivity contribution in [2.75, 3.05) is 26.2 Å². The van der Waals surface area contributed by atoms with Gasteiger partial charge in [-0.05, 0) is 29.8 Å². The van der Waals surface area contributed by atoms with Crippen LogP contribution in [-0.2, 0) is 16.4 Å². The number of piperazine rings is 1. The van der Waals surface area contributed by atoms with E-state index >= 15 is 0 Å². The highest BCUT2D eigenvalue weighted by atomic mass is 35.5. The second-order valence-electron chi connectivity index (χ2n) is 6.49. The first kappa shape index (κ1) is 22.4. The van der Waals surface area contributed by atoms with Gasteiger partial charge in [-0.2, -0.15) is 0 Å². The number of aromatic nitrogens is 1. The van der Waals surface area contributed by atoms with Crippen molar-refractivity contribution in [3.63, 3.8) is 0 Å². The van der Waals surface area contributed by atoms with Crippen molar-refractivity contribution in [1.82, 2.24) is 14.8 Å². The molecular formula is C19H21Cl2N3O3S. The molecule has 0 spiro atoms. The topological polar surface area (TPSA) is 70.6 Å². The summed E-state index contributed by atoms with van der Waals surface area (Å²) in [5, 5.41) is 1.17. The van der Waals surface area contributed by atoms with Crippen molar-refractivity contribution in [3.8, 4) is 0 Å². The largest absolute Gasteiger partial charge is 0.336 e. The maximum absolute atomic E-state index is 12.9. The van der Waals surface area contributed by atoms with Gasteiger partial charge in [-0.1, -0.05) is 12.1 Å². The van der Waals surface area contributed by atoms with Crippen LogP contribution in [0, 0.1) is 0 Å². The molecule has 9 heteroatoms. The molecule has 3 heterocycles. The molecule has 0 bridgehead atoms. The molecule has 0 unspecified atom stereocenters. The van der Waals surface area contributed by atoms with E-state index in [4.69, 9.17) is 0 Å². The average Bonchev–Trinajstić information content (AvgIpc) is 2.98. The highest BCUT2D eigenvalue weighted by molar-refractivity contribution is 7.94. The highest BCUT2D eigenvalue weighted by Crippen LogP contribution is 2.30. The van der Waals surface area contributed by atoms with Gasteiger partial charge in [0.15, 0.2) is 9.84 Å². The minimum absolute atomic E-state index is 0. The number of hydrogen-bond acceptors (Lipinski definition) is 5. The van der Waals surface area contributed by atoms with Crippen molar-refractivity contribution >= 4 is 46.6 Å². The lowest BCUT2D eigenvalue weighted by atomic mass is 10.1. The smallest absolute Gasteiger partial charge is 0.254 e. The fourth-order valence-corrected chi connectivity index (χ4v) is 4.63. The van der Waals surface area contributed by atoms with Crippen molar-refractivity contribution in [2.45, 2.75) is 11.4 Å². The number of hydrogen-bond donors (Lipinski definition) is 0. The molecule has 0 saturated carbocycles. The lowest BCUT2D eigenvalue weighted by Gasteiger charge is -2.35. The lowest BCUT2D eigenvalue weighted by molar-refractivity contribution is 0.0628. The summed E-state index contributed by atoms with van der Waals surface area (Å²) < 4.78 is 24.0. The standard InChI is InChI=1S/C19H19N3O3S.2ClH/c23-19(17-4-1-5-18-16(17)6-12-26(18,24)25)22-10-8-21(9-11-22)14-15-3-2-7-20-13-15;;/h1-7,12-13H,8-11,14H2;2*1H. The zero-order valence-corrected chi connectivity index (χ0v) is 17.5. The first-order chi connectivity index (χ1) is 12.5. The van der Waals surface area contributed by atoms with Gasteiger partial charge in [0, 0.05) is 61.7 Å². The van der Waals surface area contributed by atoms with Crippen molar-refractivity contribution in [1.29, 1.82) is 0 Å². The van der Waals surface area contributed by atoms with E-state index in [9.17, 15) is 13.2 Å². The van der Waals surface area contributed by atoms with Gasteiger partial charge in [0.25, 0.3) is 5.91 Å². The fraction of sp³-hybridized carbons (Fsp3) is 0.263. The van der Waals surface area contributed by atoms with E-state index in [1.54, 1.807) is 29.3 Å². The van der Waals surface area contributed by atoms with Crippen LogP contribution in [0.5, 0.6) is 0 Å². The van der Waals surface area contributed by atoms with Crippen LogP contribution in [0.25, 0.3) is 6.08 Å². The SMILES string of the molecule is Cl.Cl.O=C(c1cccc2c1C=CS2(=O)=O)N1CCN(Cc2cccnc2)CC1. The summed E-state index contributed by atoms with van der Waals surface area (Å²) in [7, 11) is -3.40. The molecular weight excluding hydrogens is 421 g/mol. The van der Waals surface area contributed by atoms with Crippen molar-refractivity contribution in [2.24, 2.45) is 0 Å². The Kier molecular flexibility index (Phi) is 7.22. The quantitative estimate of drug-likeness (QED) is 0.731. The van der Waals surface area contributed by atoms with Gasteiger partial charge in [0.05, 0.1) is 4.90 Å². The molecule has 1 saturated heterocycles. The molecule has 2 aliphatic rings. The molecule has 1 aromatic carbocycles. The Labute approximate surface area is 177 Å². The number of fused-ring (bicyclic) bond motifs is 1. The monoisotopic (exact) mass is 441 g/mol. The fourth-order valence-electron chi connectivity index (χ4n) is 3.41. The number of pyridine rings is 1. The van der Waals surface area contributed by atoms with E-state index in [-0.39, 0.29) is 35.6 Å². The highest BCUT2D eigenvalue weighted by Gasteiger charge is 2.28. The van der Waals surface area contributed by atoms with Gasteiger partial charge in [0.1, 0.15) is 0 Å². The third-order valence-corrected chi connectivity index (χ3v) is 6.27. The van der Waals surface area contributed by atoms with Crippen LogP contribution in [0.2, 0.25) is 0 Å². The zero-order valence-electron chi connectivity index (χ0n) is 15.0. The van der Waals surface area contributed by atoms with E-state index in [2.05, 4.69) is 9.88 Å². The molecule has 4 rings (SSSR count). The van der Waals surface area contributed by atoms with E-state index < -0.39 is 9.84 Å². The van der Waals surface area contributed by atoms with Crippen LogP contribution in [0.4, 0.5) is 0 Å². The van der Waals surface area contributed by atoms with Gasteiger partial charge in [-0.15, -0.1) is 24.8 Å². The molecule has 0 N–H and O–H groups in total. The summed E-state index contributed by atoms with van der Waals surface area (Å²) in [6.07, 6.45) is 5.14. The number of carbonyl (C=O) groups excluding carboxylic acids is 1. The lowest BCUT2D eigenvalue weighted by Crippen LogP contribution is -2.48.